The predicted octanol–water partition coefficient (Wildman–Crippen LogP) is 0.0201. The second kappa shape index (κ2) is 12.8. The third-order valence-electron chi connectivity index (χ3n) is 5.30. The number of carbonyl (C=O) groups excluding carboxylic acids is 5. The first-order valence-electron chi connectivity index (χ1n) is 11.3. The van der Waals surface area contributed by atoms with E-state index in [1.165, 1.54) is 18.2 Å². The first-order valence-corrected chi connectivity index (χ1v) is 11.3. The number of amides is 4. The van der Waals surface area contributed by atoms with Gasteiger partial charge in [0.25, 0.3) is 5.91 Å². The lowest BCUT2D eigenvalue weighted by Crippen LogP contribution is -2.48. The number of fused-ring (bicyclic) bond motifs is 1. The number of nitrogens with zero attached hydrogens (tertiary/aromatic N) is 1. The van der Waals surface area contributed by atoms with Gasteiger partial charge in [0, 0.05) is 10.9 Å². The average molecular weight is 524 g/mol. The zero-order valence-corrected chi connectivity index (χ0v) is 20.0. The van der Waals surface area contributed by atoms with Crippen molar-refractivity contribution in [1.82, 2.24) is 15.6 Å². The summed E-state index contributed by atoms with van der Waals surface area (Å²) in [6.45, 7) is -2.05. The molecule has 13 heteroatoms. The van der Waals surface area contributed by atoms with Crippen molar-refractivity contribution in [3.63, 3.8) is 0 Å². The van der Waals surface area contributed by atoms with Crippen LogP contribution in [0, 0.1) is 0 Å². The van der Waals surface area contributed by atoms with Gasteiger partial charge in [0.2, 0.25) is 17.7 Å². The second-order valence-electron chi connectivity index (χ2n) is 8.06. The molecule has 0 radical (unpaired) electrons. The summed E-state index contributed by atoms with van der Waals surface area (Å²) in [7, 11) is 0. The van der Waals surface area contributed by atoms with Crippen molar-refractivity contribution in [3.05, 3.63) is 60.3 Å². The van der Waals surface area contributed by atoms with E-state index < -0.39 is 61.8 Å². The van der Waals surface area contributed by atoms with Crippen LogP contribution in [0.2, 0.25) is 0 Å². The summed E-state index contributed by atoms with van der Waals surface area (Å²) in [6, 6.07) is 13.4. The van der Waals surface area contributed by atoms with Crippen LogP contribution in [-0.2, 0) is 24.0 Å². The number of aromatic amines is 1. The van der Waals surface area contributed by atoms with Crippen LogP contribution in [-0.4, -0.2) is 76.8 Å². The van der Waals surface area contributed by atoms with Gasteiger partial charge in [0.05, 0.1) is 30.4 Å². The molecular weight excluding hydrogens is 498 g/mol. The van der Waals surface area contributed by atoms with Crippen LogP contribution in [0.5, 0.6) is 0 Å². The van der Waals surface area contributed by atoms with Crippen molar-refractivity contribution in [1.29, 1.82) is 0 Å². The lowest BCUT2D eigenvalue weighted by atomic mass is 10.2. The number of hydrogen-bond donors (Lipinski definition) is 6. The first-order chi connectivity index (χ1) is 18.2. The molecule has 198 valence electrons. The summed E-state index contributed by atoms with van der Waals surface area (Å²) in [6.07, 6.45) is -0.402. The van der Waals surface area contributed by atoms with Crippen LogP contribution in [0.3, 0.4) is 0 Å². The van der Waals surface area contributed by atoms with E-state index in [4.69, 9.17) is 10.2 Å². The molecule has 0 aliphatic heterocycles. The van der Waals surface area contributed by atoms with Gasteiger partial charge in [0.15, 0.2) is 0 Å². The topological polar surface area (TPSA) is 198 Å². The Morgan fingerprint density at radius 1 is 1.00 bits per heavy atom. The fourth-order valence-corrected chi connectivity index (χ4v) is 3.57. The number of H-pyrrole nitrogens is 1. The molecule has 4 amide bonds. The quantitative estimate of drug-likeness (QED) is 0.179. The van der Waals surface area contributed by atoms with E-state index in [1.54, 1.807) is 24.3 Å². The Bertz CT molecular complexity index is 1340. The van der Waals surface area contributed by atoms with Gasteiger partial charge in [0.1, 0.15) is 25.1 Å². The Hall–Kier alpha value is -5.04. The fraction of sp³-hybridized carbons (Fsp3) is 0.200. The van der Waals surface area contributed by atoms with Gasteiger partial charge in [-0.1, -0.05) is 30.3 Å². The lowest BCUT2D eigenvalue weighted by Gasteiger charge is -2.25. The van der Waals surface area contributed by atoms with Crippen molar-refractivity contribution in [2.24, 2.45) is 0 Å². The lowest BCUT2D eigenvalue weighted by molar-refractivity contribution is -0.138. The second-order valence-corrected chi connectivity index (χ2v) is 8.06. The molecule has 13 nitrogen and oxygen atoms in total. The Balaban J connectivity index is 1.81. The zero-order chi connectivity index (χ0) is 27.7. The number of aliphatic hydroxyl groups is 1. The molecule has 0 bridgehead atoms. The summed E-state index contributed by atoms with van der Waals surface area (Å²) in [4.78, 5) is 76.3. The number of hydrogen-bond acceptors (Lipinski definition) is 7. The van der Waals surface area contributed by atoms with Gasteiger partial charge < -0.3 is 35.9 Å². The number of aliphatic hydroxyl groups excluding tert-OH is 1. The maximum absolute atomic E-state index is 13.2. The van der Waals surface area contributed by atoms with E-state index in [0.29, 0.717) is 0 Å². The minimum absolute atomic E-state index is 0.0650. The predicted molar refractivity (Wildman–Crippen MR) is 135 cm³/mol. The van der Waals surface area contributed by atoms with E-state index in [0.717, 1.165) is 15.8 Å². The summed E-state index contributed by atoms with van der Waals surface area (Å²) >= 11 is 0. The molecule has 1 atom stereocenters. The average Bonchev–Trinajstić information content (AvgIpc) is 3.34. The van der Waals surface area contributed by atoms with Gasteiger partial charge in [-0.2, -0.15) is 0 Å². The molecule has 1 aromatic heterocycles. The van der Waals surface area contributed by atoms with Crippen LogP contribution in [0.25, 0.3) is 10.9 Å². The molecule has 0 unspecified atom stereocenters. The highest BCUT2D eigenvalue weighted by Gasteiger charge is 2.25. The largest absolute Gasteiger partial charge is 0.481 e. The molecule has 0 spiro atoms. The van der Waals surface area contributed by atoms with E-state index in [1.807, 2.05) is 12.1 Å². The molecule has 1 heterocycles. The summed E-state index contributed by atoms with van der Waals surface area (Å²) < 4.78 is 0. The number of para-hydroxylation sites is 3. The first kappa shape index (κ1) is 27.5. The smallest absolute Gasteiger partial charge is 0.305 e. The number of rotatable bonds is 12. The minimum Gasteiger partial charge on any atom is -0.481 e. The Labute approximate surface area is 215 Å². The van der Waals surface area contributed by atoms with Crippen molar-refractivity contribution in [2.75, 3.05) is 29.9 Å². The minimum atomic E-state index is -1.33. The molecule has 38 heavy (non-hydrogen) atoms. The van der Waals surface area contributed by atoms with Crippen LogP contribution < -0.4 is 20.9 Å². The summed E-state index contributed by atoms with van der Waals surface area (Å²) in [5, 5.41) is 25.9. The van der Waals surface area contributed by atoms with Crippen LogP contribution in [0.15, 0.2) is 54.6 Å². The number of aldehydes is 1. The van der Waals surface area contributed by atoms with Crippen molar-refractivity contribution < 1.29 is 39.0 Å². The molecule has 2 aromatic carbocycles. The zero-order valence-electron chi connectivity index (χ0n) is 20.0. The highest BCUT2D eigenvalue weighted by Crippen LogP contribution is 2.26. The highest BCUT2D eigenvalue weighted by atomic mass is 16.4. The van der Waals surface area contributed by atoms with Crippen molar-refractivity contribution in [3.8, 4) is 0 Å². The number of aromatic nitrogens is 1. The fourth-order valence-electron chi connectivity index (χ4n) is 3.57. The molecule has 3 rings (SSSR count). The number of carbonyl (C=O) groups is 6. The van der Waals surface area contributed by atoms with Crippen LogP contribution in [0.4, 0.5) is 11.4 Å². The molecule has 0 fully saturated rings. The van der Waals surface area contributed by atoms with Gasteiger partial charge in [-0.05, 0) is 24.3 Å². The van der Waals surface area contributed by atoms with Crippen LogP contribution >= 0.6 is 0 Å². The van der Waals surface area contributed by atoms with E-state index in [2.05, 4.69) is 20.9 Å². The molecule has 3 aromatic rings. The Morgan fingerprint density at radius 2 is 1.71 bits per heavy atom. The van der Waals surface area contributed by atoms with Crippen LogP contribution in [0.1, 0.15) is 16.9 Å². The number of carboxylic acids is 1. The SMILES string of the molecule is O=C[C@H](CC(=O)O)NC(=O)CN(C(=O)CNC(=O)c1cc2ccccc2[nH]1)c1ccccc1NC(=O)CO. The third-order valence-corrected chi connectivity index (χ3v) is 5.30. The summed E-state index contributed by atoms with van der Waals surface area (Å²) in [5.41, 5.74) is 1.09. The standard InChI is InChI=1S/C25H25N5O8/c31-13-16(10-24(36)37)27-21(33)12-30(20-8-4-3-7-18(20)29-22(34)14-32)23(35)11-26-25(38)19-9-15-5-1-2-6-17(15)28-19/h1-9,13,16,28,32H,10-12,14H2,(H,26,38)(H,27,33)(H,29,34)(H,36,37)/t16-/m0/s1. The monoisotopic (exact) mass is 523 g/mol. The van der Waals surface area contributed by atoms with E-state index in [-0.39, 0.29) is 23.4 Å². The number of benzene rings is 2. The number of anilines is 2. The number of carboxylic acid groups (broad SMARTS) is 1. The maximum Gasteiger partial charge on any atom is 0.305 e. The Morgan fingerprint density at radius 3 is 2.39 bits per heavy atom. The molecule has 6 N–H and O–H groups in total. The third kappa shape index (κ3) is 7.24. The van der Waals surface area contributed by atoms with E-state index >= 15 is 0 Å². The number of aliphatic carboxylic acids is 1. The number of nitrogens with one attached hydrogen (secondary N) is 4. The summed E-state index contributed by atoms with van der Waals surface area (Å²) in [5.74, 6) is -4.28. The van der Waals surface area contributed by atoms with E-state index in [9.17, 15) is 28.8 Å². The van der Waals surface area contributed by atoms with Gasteiger partial charge >= 0.3 is 5.97 Å². The Kier molecular flexibility index (Phi) is 9.26. The van der Waals surface area contributed by atoms with Gasteiger partial charge in [-0.15, -0.1) is 0 Å². The molecular formula is C25H25N5O8. The van der Waals surface area contributed by atoms with Crippen molar-refractivity contribution in [2.45, 2.75) is 12.5 Å². The molecule has 0 aliphatic rings. The molecule has 0 aliphatic carbocycles. The van der Waals surface area contributed by atoms with Crippen molar-refractivity contribution >= 4 is 58.2 Å². The molecule has 0 saturated heterocycles. The van der Waals surface area contributed by atoms with Gasteiger partial charge in [-0.3, -0.25) is 28.9 Å². The highest BCUT2D eigenvalue weighted by molar-refractivity contribution is 6.07. The maximum atomic E-state index is 13.2. The molecule has 0 saturated carbocycles. The normalized spacial score (nSPS) is 11.3. The van der Waals surface area contributed by atoms with Gasteiger partial charge in [-0.25, -0.2) is 0 Å².